The first-order valence-corrected chi connectivity index (χ1v) is 7.80. The number of carbonyl (C=O) groups is 2. The quantitative estimate of drug-likeness (QED) is 0.883. The fraction of sp³-hybridized carbons (Fsp3) is 0.263. The third-order valence-corrected chi connectivity index (χ3v) is 4.03. The average molecular weight is 325 g/mol. The Balaban J connectivity index is 1.70. The molecule has 0 aliphatic carbocycles. The second-order valence-electron chi connectivity index (χ2n) is 5.95. The Labute approximate surface area is 140 Å². The van der Waals surface area contributed by atoms with Crippen LogP contribution in [0.1, 0.15) is 27.0 Å². The number of amides is 1. The number of Topliss-reactive ketones (excluding diaryl/α,β-unsaturated/α-hetero) is 1. The van der Waals surface area contributed by atoms with Crippen LogP contribution < -0.4 is 4.74 Å². The van der Waals surface area contributed by atoms with Gasteiger partial charge in [0.15, 0.2) is 5.78 Å². The second-order valence-corrected chi connectivity index (χ2v) is 5.95. The fourth-order valence-corrected chi connectivity index (χ4v) is 2.68. The van der Waals surface area contributed by atoms with Crippen molar-refractivity contribution >= 4 is 11.7 Å². The minimum Gasteiger partial charge on any atom is -0.486 e. The summed E-state index contributed by atoms with van der Waals surface area (Å²) in [4.78, 5) is 25.5. The van der Waals surface area contributed by atoms with Crippen molar-refractivity contribution < 1.29 is 19.4 Å². The van der Waals surface area contributed by atoms with Gasteiger partial charge in [0.2, 0.25) is 0 Å². The molecule has 0 bridgehead atoms. The minimum absolute atomic E-state index is 0.0375. The summed E-state index contributed by atoms with van der Waals surface area (Å²) in [7, 11) is 0. The number of nitrogens with zero attached hydrogens (tertiary/aromatic N) is 1. The monoisotopic (exact) mass is 325 g/mol. The van der Waals surface area contributed by atoms with E-state index in [-0.39, 0.29) is 12.5 Å². The molecule has 1 N–H and O–H groups in total. The summed E-state index contributed by atoms with van der Waals surface area (Å²) in [5.74, 6) is 0.0217. The molecule has 1 aliphatic heterocycles. The molecule has 5 heteroatoms. The number of rotatable bonds is 6. The van der Waals surface area contributed by atoms with Crippen LogP contribution in [0.5, 0.6) is 5.75 Å². The van der Waals surface area contributed by atoms with Crippen LogP contribution in [0, 0.1) is 6.92 Å². The number of hydrogen-bond acceptors (Lipinski definition) is 4. The van der Waals surface area contributed by atoms with Gasteiger partial charge in [-0.3, -0.25) is 9.59 Å². The Morgan fingerprint density at radius 1 is 1.21 bits per heavy atom. The molecule has 0 unspecified atom stereocenters. The molecular formula is C19H19NO4. The number of aryl methyl sites for hydroxylation is 1. The highest BCUT2D eigenvalue weighted by Gasteiger charge is 2.27. The van der Waals surface area contributed by atoms with Gasteiger partial charge in [0.05, 0.1) is 0 Å². The first-order chi connectivity index (χ1) is 11.6. The van der Waals surface area contributed by atoms with Crippen molar-refractivity contribution in [3.63, 3.8) is 0 Å². The van der Waals surface area contributed by atoms with Crippen LogP contribution in [-0.2, 0) is 17.9 Å². The molecule has 0 aromatic heterocycles. The zero-order valence-corrected chi connectivity index (χ0v) is 13.5. The van der Waals surface area contributed by atoms with E-state index in [1.807, 2.05) is 37.3 Å². The van der Waals surface area contributed by atoms with E-state index in [0.717, 1.165) is 11.1 Å². The highest BCUT2D eigenvalue weighted by Crippen LogP contribution is 2.28. The zero-order valence-electron chi connectivity index (χ0n) is 13.5. The molecule has 124 valence electrons. The van der Waals surface area contributed by atoms with Crippen molar-refractivity contribution in [2.24, 2.45) is 0 Å². The molecule has 3 rings (SSSR count). The van der Waals surface area contributed by atoms with E-state index < -0.39 is 12.4 Å². The number of aliphatic hydroxyl groups excluding tert-OH is 1. The SMILES string of the molecule is Cc1ccc(CN2Cc3ccc(OCC(=O)CO)cc3C2=O)cc1. The molecule has 0 radical (unpaired) electrons. The smallest absolute Gasteiger partial charge is 0.254 e. The van der Waals surface area contributed by atoms with Crippen molar-refractivity contribution in [2.75, 3.05) is 13.2 Å². The summed E-state index contributed by atoms with van der Waals surface area (Å²) < 4.78 is 5.32. The van der Waals surface area contributed by atoms with Gasteiger partial charge in [-0.05, 0) is 30.2 Å². The predicted molar refractivity (Wildman–Crippen MR) is 88.8 cm³/mol. The van der Waals surface area contributed by atoms with Crippen molar-refractivity contribution in [1.82, 2.24) is 4.90 Å². The van der Waals surface area contributed by atoms with Crippen LogP contribution in [-0.4, -0.2) is 34.9 Å². The standard InChI is InChI=1S/C19H19NO4/c1-13-2-4-14(5-3-13)9-20-10-15-6-7-17(8-18(15)19(20)23)24-12-16(22)11-21/h2-8,21H,9-12H2,1H3. The first-order valence-electron chi connectivity index (χ1n) is 7.80. The van der Waals surface area contributed by atoms with Crippen molar-refractivity contribution in [1.29, 1.82) is 0 Å². The largest absolute Gasteiger partial charge is 0.486 e. The van der Waals surface area contributed by atoms with Gasteiger partial charge in [-0.15, -0.1) is 0 Å². The lowest BCUT2D eigenvalue weighted by Crippen LogP contribution is -2.23. The summed E-state index contributed by atoms with van der Waals surface area (Å²) in [5, 5.41) is 8.71. The summed E-state index contributed by atoms with van der Waals surface area (Å²) in [6.07, 6.45) is 0. The van der Waals surface area contributed by atoms with Gasteiger partial charge in [0.25, 0.3) is 5.91 Å². The molecule has 0 fully saturated rings. The van der Waals surface area contributed by atoms with E-state index >= 15 is 0 Å². The molecule has 1 amide bonds. The van der Waals surface area contributed by atoms with Crippen LogP contribution in [0.4, 0.5) is 0 Å². The van der Waals surface area contributed by atoms with E-state index in [2.05, 4.69) is 0 Å². The van der Waals surface area contributed by atoms with E-state index in [4.69, 9.17) is 9.84 Å². The number of ketones is 1. The maximum absolute atomic E-state index is 12.6. The van der Waals surface area contributed by atoms with Gasteiger partial charge in [-0.2, -0.15) is 0 Å². The minimum atomic E-state index is -0.547. The molecule has 1 heterocycles. The Hall–Kier alpha value is -2.66. The molecule has 2 aromatic carbocycles. The summed E-state index contributed by atoms with van der Waals surface area (Å²) in [6.45, 7) is 2.42. The Morgan fingerprint density at radius 3 is 2.67 bits per heavy atom. The predicted octanol–water partition coefficient (Wildman–Crippen LogP) is 2.09. The molecule has 0 spiro atoms. The maximum Gasteiger partial charge on any atom is 0.254 e. The Kier molecular flexibility index (Phi) is 4.62. The summed E-state index contributed by atoms with van der Waals surface area (Å²) in [5.41, 5.74) is 3.84. The number of ether oxygens (including phenoxy) is 1. The third kappa shape index (κ3) is 3.46. The molecule has 2 aromatic rings. The van der Waals surface area contributed by atoms with Crippen LogP contribution in [0.15, 0.2) is 42.5 Å². The lowest BCUT2D eigenvalue weighted by molar-refractivity contribution is -0.123. The van der Waals surface area contributed by atoms with Crippen molar-refractivity contribution in [2.45, 2.75) is 20.0 Å². The van der Waals surface area contributed by atoms with Crippen molar-refractivity contribution in [3.05, 3.63) is 64.7 Å². The fourth-order valence-electron chi connectivity index (χ4n) is 2.68. The number of carbonyl (C=O) groups excluding carboxylic acids is 2. The van der Waals surface area contributed by atoms with Gasteiger partial charge in [-0.25, -0.2) is 0 Å². The topological polar surface area (TPSA) is 66.8 Å². The third-order valence-electron chi connectivity index (χ3n) is 4.03. The summed E-state index contributed by atoms with van der Waals surface area (Å²) in [6, 6.07) is 13.4. The summed E-state index contributed by atoms with van der Waals surface area (Å²) >= 11 is 0. The highest BCUT2D eigenvalue weighted by molar-refractivity contribution is 5.98. The molecule has 0 atom stereocenters. The zero-order chi connectivity index (χ0) is 17.1. The molecule has 5 nitrogen and oxygen atoms in total. The van der Waals surface area contributed by atoms with Crippen molar-refractivity contribution in [3.8, 4) is 5.75 Å². The van der Waals surface area contributed by atoms with Crippen LogP contribution >= 0.6 is 0 Å². The normalized spacial score (nSPS) is 13.1. The van der Waals surface area contributed by atoms with E-state index in [0.29, 0.717) is 24.4 Å². The molecule has 1 aliphatic rings. The number of hydrogen-bond donors (Lipinski definition) is 1. The number of aliphatic hydroxyl groups is 1. The van der Waals surface area contributed by atoms with Gasteiger partial charge in [-0.1, -0.05) is 35.9 Å². The second kappa shape index (κ2) is 6.84. The molecule has 0 saturated heterocycles. The van der Waals surface area contributed by atoms with E-state index in [9.17, 15) is 9.59 Å². The van der Waals surface area contributed by atoms with Gasteiger partial charge >= 0.3 is 0 Å². The van der Waals surface area contributed by atoms with Gasteiger partial charge in [0, 0.05) is 18.7 Å². The molecule has 0 saturated carbocycles. The Bertz CT molecular complexity index is 767. The van der Waals surface area contributed by atoms with Crippen LogP contribution in [0.3, 0.4) is 0 Å². The number of fused-ring (bicyclic) bond motifs is 1. The highest BCUT2D eigenvalue weighted by atomic mass is 16.5. The van der Waals surface area contributed by atoms with E-state index in [1.165, 1.54) is 5.56 Å². The van der Waals surface area contributed by atoms with Gasteiger partial charge < -0.3 is 14.7 Å². The maximum atomic E-state index is 12.6. The van der Waals surface area contributed by atoms with E-state index in [1.54, 1.807) is 17.0 Å². The molecular weight excluding hydrogens is 306 g/mol. The Morgan fingerprint density at radius 2 is 1.96 bits per heavy atom. The average Bonchev–Trinajstić information content (AvgIpc) is 2.90. The van der Waals surface area contributed by atoms with Crippen LogP contribution in [0.2, 0.25) is 0 Å². The first kappa shape index (κ1) is 16.2. The van der Waals surface area contributed by atoms with Gasteiger partial charge in [0.1, 0.15) is 19.0 Å². The van der Waals surface area contributed by atoms with Crippen LogP contribution in [0.25, 0.3) is 0 Å². The molecule has 24 heavy (non-hydrogen) atoms. The lowest BCUT2D eigenvalue weighted by atomic mass is 10.1. The lowest BCUT2D eigenvalue weighted by Gasteiger charge is -2.15. The number of benzene rings is 2.